The molecule has 0 aliphatic rings. The van der Waals surface area contributed by atoms with Gasteiger partial charge in [-0.2, -0.15) is 0 Å². The van der Waals surface area contributed by atoms with E-state index in [4.69, 9.17) is 11.1 Å². The van der Waals surface area contributed by atoms with Crippen LogP contribution >= 0.6 is 15.9 Å². The lowest BCUT2D eigenvalue weighted by Gasteiger charge is -2.12. The number of nitrogen functional groups attached to an aromatic ring is 1. The Labute approximate surface area is 193 Å². The van der Waals surface area contributed by atoms with Crippen LogP contribution in [0.25, 0.3) is 0 Å². The summed E-state index contributed by atoms with van der Waals surface area (Å²) in [5.41, 5.74) is 3.70. The summed E-state index contributed by atoms with van der Waals surface area (Å²) < 4.78 is 43.7. The van der Waals surface area contributed by atoms with Crippen LogP contribution in [0.3, 0.4) is 0 Å². The molecule has 0 aliphatic heterocycles. The van der Waals surface area contributed by atoms with Crippen LogP contribution in [-0.4, -0.2) is 26.4 Å². The Kier molecular flexibility index (Phi) is 13.7. The second-order valence-corrected chi connectivity index (χ2v) is 7.80. The number of nitrogens with zero attached hydrogens (tertiary/aromatic N) is 1. The fraction of sp³-hybridized carbons (Fsp3) is 0.381. The first-order valence-electron chi connectivity index (χ1n) is 9.93. The smallest absolute Gasteiger partial charge is 0.217 e. The SMILES string of the molecule is CC.CC.CCCCS(=O)Nc1ccc(F)c(C(=O)C(=N)c2cc(Br)cnc2N)c1F. The summed E-state index contributed by atoms with van der Waals surface area (Å²) in [7, 11) is -1.58. The maximum atomic E-state index is 14.7. The van der Waals surface area contributed by atoms with Gasteiger partial charge in [0.15, 0.2) is 5.82 Å². The molecule has 2 aromatic rings. The van der Waals surface area contributed by atoms with E-state index in [0.717, 1.165) is 18.6 Å². The number of halogens is 3. The average molecular weight is 519 g/mol. The van der Waals surface area contributed by atoms with E-state index < -0.39 is 39.7 Å². The maximum absolute atomic E-state index is 14.7. The Morgan fingerprint density at radius 1 is 1.26 bits per heavy atom. The zero-order chi connectivity index (χ0) is 24.1. The quantitative estimate of drug-likeness (QED) is 0.299. The molecule has 0 amide bonds. The number of Topliss-reactive ketones (excluding diaryl/α,β-unsaturated/α-hetero) is 1. The molecule has 1 aromatic carbocycles. The van der Waals surface area contributed by atoms with E-state index in [1.807, 2.05) is 34.6 Å². The number of hydrogen-bond donors (Lipinski definition) is 3. The molecule has 0 spiro atoms. The molecule has 1 unspecified atom stereocenters. The minimum absolute atomic E-state index is 0.0574. The molecule has 2 rings (SSSR count). The number of hydrogen-bond acceptors (Lipinski definition) is 5. The van der Waals surface area contributed by atoms with Crippen molar-refractivity contribution in [3.63, 3.8) is 0 Å². The van der Waals surface area contributed by atoms with Crippen LogP contribution < -0.4 is 10.5 Å². The minimum Gasteiger partial charge on any atom is -0.383 e. The number of rotatable bonds is 8. The molecule has 172 valence electrons. The Hall–Kier alpha value is -2.20. The standard InChI is InChI=1S/C17H17BrF2N4O2S.2C2H6/c1-2-3-6-27(26)24-12-5-4-11(19)13(14(12)20)16(25)15(21)10-7-9(18)8-23-17(10)22;2*1-2/h4-5,7-8,21,24H,2-3,6H2,1H3,(H2,22,23);2*1-2H3. The number of pyridine rings is 1. The molecular formula is C21H29BrF2N4O2S. The highest BCUT2D eigenvalue weighted by Gasteiger charge is 2.26. The molecule has 0 fully saturated rings. The second-order valence-electron chi connectivity index (χ2n) is 5.58. The summed E-state index contributed by atoms with van der Waals surface area (Å²) in [5, 5.41) is 8.00. The van der Waals surface area contributed by atoms with Crippen molar-refractivity contribution in [3.05, 3.63) is 51.6 Å². The molecule has 1 heterocycles. The molecule has 0 radical (unpaired) electrons. The van der Waals surface area contributed by atoms with Gasteiger partial charge >= 0.3 is 0 Å². The summed E-state index contributed by atoms with van der Waals surface area (Å²) >= 11 is 3.14. The highest BCUT2D eigenvalue weighted by Crippen LogP contribution is 2.25. The Morgan fingerprint density at radius 3 is 2.45 bits per heavy atom. The van der Waals surface area contributed by atoms with E-state index in [-0.39, 0.29) is 22.8 Å². The van der Waals surface area contributed by atoms with Gasteiger partial charge in [-0.25, -0.2) is 18.0 Å². The number of nitrogens with one attached hydrogen (secondary N) is 2. The predicted octanol–water partition coefficient (Wildman–Crippen LogP) is 5.88. The van der Waals surface area contributed by atoms with E-state index in [1.54, 1.807) is 0 Å². The second kappa shape index (κ2) is 14.7. The van der Waals surface area contributed by atoms with Gasteiger partial charge < -0.3 is 10.5 Å². The van der Waals surface area contributed by atoms with Gasteiger partial charge in [0.1, 0.15) is 28.3 Å². The van der Waals surface area contributed by atoms with Crippen molar-refractivity contribution in [2.45, 2.75) is 47.5 Å². The van der Waals surface area contributed by atoms with Gasteiger partial charge in [0.2, 0.25) is 5.78 Å². The van der Waals surface area contributed by atoms with E-state index in [0.29, 0.717) is 10.9 Å². The number of carbonyl (C=O) groups excluding carboxylic acids is 1. The van der Waals surface area contributed by atoms with E-state index in [9.17, 15) is 17.8 Å². The van der Waals surface area contributed by atoms with Crippen LogP contribution in [0, 0.1) is 17.0 Å². The molecule has 10 heteroatoms. The van der Waals surface area contributed by atoms with Crippen molar-refractivity contribution in [2.24, 2.45) is 0 Å². The lowest BCUT2D eigenvalue weighted by atomic mass is 10.00. The molecule has 4 N–H and O–H groups in total. The highest BCUT2D eigenvalue weighted by atomic mass is 79.9. The predicted molar refractivity (Wildman–Crippen MR) is 128 cm³/mol. The topological polar surface area (TPSA) is 109 Å². The molecule has 6 nitrogen and oxygen atoms in total. The number of unbranched alkanes of at least 4 members (excludes halogenated alkanes) is 1. The first-order chi connectivity index (χ1) is 14.8. The molecule has 31 heavy (non-hydrogen) atoms. The van der Waals surface area contributed by atoms with Gasteiger partial charge in [0.25, 0.3) is 0 Å². The van der Waals surface area contributed by atoms with Crippen molar-refractivity contribution in [1.82, 2.24) is 4.98 Å². The Bertz CT molecular complexity index is 926. The third kappa shape index (κ3) is 8.10. The average Bonchev–Trinajstić information content (AvgIpc) is 2.78. The van der Waals surface area contributed by atoms with Crippen molar-refractivity contribution in [2.75, 3.05) is 16.2 Å². The fourth-order valence-corrected chi connectivity index (χ4v) is 3.57. The van der Waals surface area contributed by atoms with Crippen molar-refractivity contribution < 1.29 is 17.8 Å². The summed E-state index contributed by atoms with van der Waals surface area (Å²) in [6, 6.07) is 3.30. The molecular weight excluding hydrogens is 490 g/mol. The van der Waals surface area contributed by atoms with E-state index in [2.05, 4.69) is 25.6 Å². The van der Waals surface area contributed by atoms with Crippen molar-refractivity contribution in [3.8, 4) is 0 Å². The van der Waals surface area contributed by atoms with Crippen LogP contribution in [0.4, 0.5) is 20.3 Å². The van der Waals surface area contributed by atoms with Gasteiger partial charge in [-0.15, -0.1) is 0 Å². The lowest BCUT2D eigenvalue weighted by molar-refractivity contribution is 0.105. The maximum Gasteiger partial charge on any atom is 0.217 e. The summed E-state index contributed by atoms with van der Waals surface area (Å²) in [6.45, 7) is 9.92. The number of ketones is 1. The normalized spacial score (nSPS) is 10.7. The number of anilines is 2. The Balaban J connectivity index is 0.00000212. The summed E-state index contributed by atoms with van der Waals surface area (Å²) in [5.74, 6) is -3.37. The zero-order valence-electron chi connectivity index (χ0n) is 18.3. The van der Waals surface area contributed by atoms with Gasteiger partial charge in [-0.1, -0.05) is 41.0 Å². The lowest BCUT2D eigenvalue weighted by Crippen LogP contribution is -2.21. The van der Waals surface area contributed by atoms with Gasteiger partial charge in [-0.3, -0.25) is 10.2 Å². The first-order valence-corrected chi connectivity index (χ1v) is 12.0. The van der Waals surface area contributed by atoms with Crippen LogP contribution in [0.5, 0.6) is 0 Å². The molecule has 1 aromatic heterocycles. The summed E-state index contributed by atoms with van der Waals surface area (Å²) in [4.78, 5) is 16.4. The minimum atomic E-state index is -1.58. The third-order valence-corrected chi connectivity index (χ3v) is 5.15. The monoisotopic (exact) mass is 518 g/mol. The van der Waals surface area contributed by atoms with Gasteiger partial charge in [0.05, 0.1) is 11.3 Å². The number of nitrogens with two attached hydrogens (primary N) is 1. The third-order valence-electron chi connectivity index (χ3n) is 3.61. The first kappa shape index (κ1) is 28.8. The summed E-state index contributed by atoms with van der Waals surface area (Å²) in [6.07, 6.45) is 2.84. The molecule has 0 saturated carbocycles. The fourth-order valence-electron chi connectivity index (χ4n) is 2.19. The zero-order valence-corrected chi connectivity index (χ0v) is 20.7. The highest BCUT2D eigenvalue weighted by molar-refractivity contribution is 9.10. The Morgan fingerprint density at radius 2 is 1.87 bits per heavy atom. The van der Waals surface area contributed by atoms with E-state index >= 15 is 0 Å². The van der Waals surface area contributed by atoms with Crippen LogP contribution in [-0.2, 0) is 11.0 Å². The molecule has 0 aliphatic carbocycles. The van der Waals surface area contributed by atoms with Gasteiger partial charge in [0, 0.05) is 22.0 Å². The van der Waals surface area contributed by atoms with Crippen LogP contribution in [0.2, 0.25) is 0 Å². The van der Waals surface area contributed by atoms with Crippen LogP contribution in [0.15, 0.2) is 28.9 Å². The van der Waals surface area contributed by atoms with Crippen molar-refractivity contribution in [1.29, 1.82) is 5.41 Å². The molecule has 1 atom stereocenters. The van der Waals surface area contributed by atoms with E-state index in [1.165, 1.54) is 12.3 Å². The van der Waals surface area contributed by atoms with Crippen LogP contribution in [0.1, 0.15) is 63.4 Å². The molecule has 0 saturated heterocycles. The molecule has 0 bridgehead atoms. The largest absolute Gasteiger partial charge is 0.383 e. The number of aromatic nitrogens is 1. The van der Waals surface area contributed by atoms with Crippen molar-refractivity contribution >= 4 is 49.9 Å². The number of carbonyl (C=O) groups is 1. The number of benzene rings is 1. The van der Waals surface area contributed by atoms with Gasteiger partial charge in [-0.05, 0) is 40.5 Å².